The average molecular weight is 259 g/mol. The van der Waals surface area contributed by atoms with Crippen LogP contribution < -0.4 is 4.90 Å². The second kappa shape index (κ2) is 4.29. The molecular formula is C10H8ClFN2O3. The fourth-order valence-corrected chi connectivity index (χ4v) is 2.00. The summed E-state index contributed by atoms with van der Waals surface area (Å²) in [5, 5.41) is 10.1. The minimum Gasteiger partial charge on any atom is -0.311 e. The van der Waals surface area contributed by atoms with Gasteiger partial charge in [0.2, 0.25) is 11.7 Å². The number of carbonyl (C=O) groups excluding carboxylic acids is 1. The molecule has 1 fully saturated rings. The number of benzene rings is 1. The molecule has 1 saturated heterocycles. The second-order valence-corrected chi connectivity index (χ2v) is 4.32. The molecule has 90 valence electrons. The van der Waals surface area contributed by atoms with E-state index in [-0.39, 0.29) is 24.2 Å². The first kappa shape index (κ1) is 11.8. The van der Waals surface area contributed by atoms with Crippen LogP contribution in [0.25, 0.3) is 0 Å². The number of nitrogens with zero attached hydrogens (tertiary/aromatic N) is 2. The van der Waals surface area contributed by atoms with Crippen LogP contribution in [-0.2, 0) is 4.79 Å². The Labute approximate surface area is 101 Å². The van der Waals surface area contributed by atoms with Crippen molar-refractivity contribution in [2.24, 2.45) is 0 Å². The van der Waals surface area contributed by atoms with Crippen molar-refractivity contribution >= 4 is 28.9 Å². The molecule has 7 heteroatoms. The summed E-state index contributed by atoms with van der Waals surface area (Å²) in [6.45, 7) is 0.289. The molecule has 0 aromatic heterocycles. The summed E-state index contributed by atoms with van der Waals surface area (Å²) < 4.78 is 13.4. The van der Waals surface area contributed by atoms with Gasteiger partial charge in [-0.1, -0.05) is 0 Å². The third-order valence-electron chi connectivity index (χ3n) is 2.52. The van der Waals surface area contributed by atoms with Crippen molar-refractivity contribution in [1.29, 1.82) is 0 Å². The van der Waals surface area contributed by atoms with Gasteiger partial charge in [-0.15, -0.1) is 11.6 Å². The average Bonchev–Trinajstić information content (AvgIpc) is 2.57. The van der Waals surface area contributed by atoms with Crippen molar-refractivity contribution in [3.63, 3.8) is 0 Å². The molecule has 0 saturated carbocycles. The molecule has 17 heavy (non-hydrogen) atoms. The van der Waals surface area contributed by atoms with E-state index in [9.17, 15) is 19.3 Å². The molecule has 2 rings (SSSR count). The van der Waals surface area contributed by atoms with Crippen molar-refractivity contribution in [3.8, 4) is 0 Å². The maximum absolute atomic E-state index is 13.4. The van der Waals surface area contributed by atoms with Crippen molar-refractivity contribution < 1.29 is 14.1 Å². The van der Waals surface area contributed by atoms with Crippen LogP contribution in [0.1, 0.15) is 6.42 Å². The molecule has 1 amide bonds. The van der Waals surface area contributed by atoms with Gasteiger partial charge in [0, 0.05) is 30.8 Å². The molecule has 0 aliphatic carbocycles. The summed E-state index contributed by atoms with van der Waals surface area (Å²) in [4.78, 5) is 22.4. The predicted molar refractivity (Wildman–Crippen MR) is 59.7 cm³/mol. The van der Waals surface area contributed by atoms with E-state index < -0.39 is 16.4 Å². The van der Waals surface area contributed by atoms with Gasteiger partial charge in [-0.05, 0) is 6.07 Å². The lowest BCUT2D eigenvalue weighted by Gasteiger charge is -2.15. The lowest BCUT2D eigenvalue weighted by Crippen LogP contribution is -2.24. The Morgan fingerprint density at radius 2 is 2.24 bits per heavy atom. The number of nitro groups is 1. The van der Waals surface area contributed by atoms with Crippen molar-refractivity contribution in [2.45, 2.75) is 11.8 Å². The number of nitro benzene ring substituents is 1. The summed E-state index contributed by atoms with van der Waals surface area (Å²) >= 11 is 5.81. The number of alkyl halides is 1. The van der Waals surface area contributed by atoms with Gasteiger partial charge < -0.3 is 4.90 Å². The summed E-state index contributed by atoms with van der Waals surface area (Å²) in [5.74, 6) is -1.17. The molecule has 0 N–H and O–H groups in total. The Kier molecular flexibility index (Phi) is 2.97. The standard InChI is InChI=1S/C10H8ClFN2O3/c11-6-3-10(15)13(5-6)7-1-2-9(14(16)17)8(12)4-7/h1-2,4,6H,3,5H2. The van der Waals surface area contributed by atoms with Gasteiger partial charge in [0.25, 0.3) is 0 Å². The fraction of sp³-hybridized carbons (Fsp3) is 0.300. The van der Waals surface area contributed by atoms with Crippen molar-refractivity contribution in [2.75, 3.05) is 11.4 Å². The number of anilines is 1. The molecule has 1 atom stereocenters. The second-order valence-electron chi connectivity index (χ2n) is 3.70. The largest absolute Gasteiger partial charge is 0.311 e. The zero-order valence-electron chi connectivity index (χ0n) is 8.60. The zero-order valence-corrected chi connectivity index (χ0v) is 9.35. The minimum absolute atomic E-state index is 0.195. The molecular weight excluding hydrogens is 251 g/mol. The molecule has 1 unspecified atom stereocenters. The zero-order chi connectivity index (χ0) is 12.6. The molecule has 1 heterocycles. The highest BCUT2D eigenvalue weighted by molar-refractivity contribution is 6.24. The van der Waals surface area contributed by atoms with Crippen LogP contribution in [0.2, 0.25) is 0 Å². The van der Waals surface area contributed by atoms with Gasteiger partial charge in [-0.25, -0.2) is 0 Å². The SMILES string of the molecule is O=C1CC(Cl)CN1c1ccc([N+](=O)[O-])c(F)c1. The van der Waals surface area contributed by atoms with E-state index in [0.29, 0.717) is 5.69 Å². The molecule has 0 spiro atoms. The Hall–Kier alpha value is -1.69. The van der Waals surface area contributed by atoms with Gasteiger partial charge >= 0.3 is 5.69 Å². The molecule has 1 aromatic rings. The summed E-state index contributed by atoms with van der Waals surface area (Å²) in [7, 11) is 0. The molecule has 1 aromatic carbocycles. The summed E-state index contributed by atoms with van der Waals surface area (Å²) in [6.07, 6.45) is 0.195. The van der Waals surface area contributed by atoms with E-state index in [2.05, 4.69) is 0 Å². The smallest absolute Gasteiger partial charge is 0.304 e. The predicted octanol–water partition coefficient (Wildman–Crippen LogP) is 2.08. The lowest BCUT2D eigenvalue weighted by atomic mass is 10.2. The Balaban J connectivity index is 2.32. The number of hydrogen-bond donors (Lipinski definition) is 0. The van der Waals surface area contributed by atoms with Crippen LogP contribution in [0, 0.1) is 15.9 Å². The van der Waals surface area contributed by atoms with Crippen molar-refractivity contribution in [1.82, 2.24) is 0 Å². The molecule has 0 bridgehead atoms. The molecule has 1 aliphatic heterocycles. The maximum atomic E-state index is 13.4. The number of hydrogen-bond acceptors (Lipinski definition) is 3. The van der Waals surface area contributed by atoms with Crippen LogP contribution in [-0.4, -0.2) is 22.8 Å². The van der Waals surface area contributed by atoms with Crippen LogP contribution in [0.15, 0.2) is 18.2 Å². The topological polar surface area (TPSA) is 63.5 Å². The normalized spacial score (nSPS) is 19.8. The highest BCUT2D eigenvalue weighted by Crippen LogP contribution is 2.28. The maximum Gasteiger partial charge on any atom is 0.304 e. The van der Waals surface area contributed by atoms with Gasteiger partial charge in [0.1, 0.15) is 0 Å². The summed E-state index contributed by atoms with van der Waals surface area (Å²) in [5.41, 5.74) is -0.316. The first-order valence-corrected chi connectivity index (χ1v) is 5.31. The van der Waals surface area contributed by atoms with Crippen LogP contribution in [0.4, 0.5) is 15.8 Å². The van der Waals surface area contributed by atoms with E-state index in [1.807, 2.05) is 0 Å². The molecule has 1 aliphatic rings. The Morgan fingerprint density at radius 1 is 1.53 bits per heavy atom. The Morgan fingerprint density at radius 3 is 2.71 bits per heavy atom. The van der Waals surface area contributed by atoms with E-state index in [1.54, 1.807) is 0 Å². The quantitative estimate of drug-likeness (QED) is 0.463. The number of amides is 1. The van der Waals surface area contributed by atoms with Crippen LogP contribution in [0.5, 0.6) is 0 Å². The first-order valence-electron chi connectivity index (χ1n) is 4.87. The molecule has 0 radical (unpaired) electrons. The number of rotatable bonds is 2. The van der Waals surface area contributed by atoms with Gasteiger partial charge in [0.15, 0.2) is 0 Å². The molecule has 5 nitrogen and oxygen atoms in total. The first-order chi connectivity index (χ1) is 7.99. The third kappa shape index (κ3) is 2.21. The van der Waals surface area contributed by atoms with E-state index in [0.717, 1.165) is 12.1 Å². The highest BCUT2D eigenvalue weighted by Gasteiger charge is 2.30. The monoisotopic (exact) mass is 258 g/mol. The Bertz CT molecular complexity index is 494. The minimum atomic E-state index is -0.960. The third-order valence-corrected chi connectivity index (χ3v) is 2.81. The number of halogens is 2. The van der Waals surface area contributed by atoms with E-state index in [4.69, 9.17) is 11.6 Å². The van der Waals surface area contributed by atoms with Crippen molar-refractivity contribution in [3.05, 3.63) is 34.1 Å². The lowest BCUT2D eigenvalue weighted by molar-refractivity contribution is -0.387. The van der Waals surface area contributed by atoms with E-state index in [1.165, 1.54) is 11.0 Å². The number of carbonyl (C=O) groups is 1. The van der Waals surface area contributed by atoms with Gasteiger partial charge in [0.05, 0.1) is 10.3 Å². The van der Waals surface area contributed by atoms with Gasteiger partial charge in [-0.3, -0.25) is 14.9 Å². The van der Waals surface area contributed by atoms with Crippen LogP contribution >= 0.6 is 11.6 Å². The fourth-order valence-electron chi connectivity index (χ4n) is 1.73. The van der Waals surface area contributed by atoms with E-state index >= 15 is 0 Å². The summed E-state index contributed by atoms with van der Waals surface area (Å²) in [6, 6.07) is 3.36. The van der Waals surface area contributed by atoms with Crippen LogP contribution in [0.3, 0.4) is 0 Å². The highest BCUT2D eigenvalue weighted by atomic mass is 35.5. The van der Waals surface area contributed by atoms with Gasteiger partial charge in [-0.2, -0.15) is 4.39 Å².